The summed E-state index contributed by atoms with van der Waals surface area (Å²) >= 11 is 0. The molecule has 2 rings (SSSR count). The van der Waals surface area contributed by atoms with E-state index in [-0.39, 0.29) is 17.6 Å². The number of benzene rings is 1. The molecule has 1 aromatic carbocycles. The third kappa shape index (κ3) is 10.7. The number of rotatable bonds is 13. The minimum Gasteiger partial charge on any atom is -0.369 e. The number of carbonyl (C=O) groups is 2. The first-order chi connectivity index (χ1) is 18.6. The van der Waals surface area contributed by atoms with Crippen molar-refractivity contribution in [3.05, 3.63) is 53.5 Å². The van der Waals surface area contributed by atoms with E-state index in [0.29, 0.717) is 54.6 Å². The lowest BCUT2D eigenvalue weighted by Crippen LogP contribution is -2.45. The molecule has 0 unspecified atom stereocenters. The molecule has 210 valence electrons. The summed E-state index contributed by atoms with van der Waals surface area (Å²) in [6, 6.07) is 5.53. The smallest absolute Gasteiger partial charge is 0.246 e. The average molecular weight is 538 g/mol. The van der Waals surface area contributed by atoms with Gasteiger partial charge in [0.25, 0.3) is 0 Å². The third-order valence-corrected chi connectivity index (χ3v) is 5.74. The Kier molecular flexibility index (Phi) is 12.9. The summed E-state index contributed by atoms with van der Waals surface area (Å²) < 4.78 is 13.5. The molecule has 0 spiro atoms. The van der Waals surface area contributed by atoms with Crippen LogP contribution in [0.4, 0.5) is 21.8 Å². The first kappa shape index (κ1) is 31.2. The quantitative estimate of drug-likeness (QED) is 0.203. The minimum atomic E-state index is -0.584. The van der Waals surface area contributed by atoms with Crippen LogP contribution in [0.5, 0.6) is 0 Å². The second kappa shape index (κ2) is 16.1. The predicted molar refractivity (Wildman–Crippen MR) is 154 cm³/mol. The monoisotopic (exact) mass is 537 g/mol. The number of unbranched alkanes of at least 4 members (excludes halogenated alkanes) is 1. The Morgan fingerprint density at radius 3 is 2.64 bits per heavy atom. The fraction of sp³-hybridized carbons (Fsp3) is 0.448. The second-order valence-electron chi connectivity index (χ2n) is 9.40. The van der Waals surface area contributed by atoms with Gasteiger partial charge in [0.2, 0.25) is 17.8 Å². The van der Waals surface area contributed by atoms with E-state index >= 15 is 0 Å². The van der Waals surface area contributed by atoms with E-state index in [1.165, 1.54) is 23.1 Å². The van der Waals surface area contributed by atoms with Gasteiger partial charge in [0, 0.05) is 44.9 Å². The summed E-state index contributed by atoms with van der Waals surface area (Å²) in [4.78, 5) is 37.1. The molecule has 0 radical (unpaired) electrons. The minimum absolute atomic E-state index is 0.212. The van der Waals surface area contributed by atoms with Crippen LogP contribution in [0, 0.1) is 24.6 Å². The normalized spacial score (nSPS) is 11.6. The number of hydrogen-bond donors (Lipinski definition) is 3. The molecule has 1 heterocycles. The zero-order chi connectivity index (χ0) is 28.8. The van der Waals surface area contributed by atoms with Crippen molar-refractivity contribution in [3.8, 4) is 11.8 Å². The Hall–Kier alpha value is -3.97. The van der Waals surface area contributed by atoms with Gasteiger partial charge in [-0.2, -0.15) is 4.98 Å². The lowest BCUT2D eigenvalue weighted by Gasteiger charge is -2.23. The van der Waals surface area contributed by atoms with Crippen molar-refractivity contribution in [2.75, 3.05) is 51.4 Å². The number of nitrogens with zero attached hydrogens (tertiary/aromatic N) is 4. The molecule has 0 saturated carbocycles. The van der Waals surface area contributed by atoms with Crippen molar-refractivity contribution in [3.63, 3.8) is 0 Å². The molecule has 0 aliphatic rings. The highest BCUT2D eigenvalue weighted by Gasteiger charge is 2.20. The number of halogens is 1. The molecule has 3 N–H and O–H groups in total. The number of hydrogen-bond acceptors (Lipinski definition) is 7. The van der Waals surface area contributed by atoms with E-state index in [1.807, 2.05) is 25.9 Å². The second-order valence-corrected chi connectivity index (χ2v) is 9.40. The van der Waals surface area contributed by atoms with Crippen LogP contribution in [-0.4, -0.2) is 78.4 Å². The number of aryl methyl sites for hydroxylation is 1. The van der Waals surface area contributed by atoms with Gasteiger partial charge in [-0.3, -0.25) is 9.59 Å². The number of likely N-dealkylation sites (N-methyl/N-ethyl adjacent to an activating group) is 2. The van der Waals surface area contributed by atoms with Crippen molar-refractivity contribution in [2.45, 2.75) is 46.1 Å². The predicted octanol–water partition coefficient (Wildman–Crippen LogP) is 3.70. The number of amides is 2. The van der Waals surface area contributed by atoms with Crippen LogP contribution < -0.4 is 16.0 Å². The van der Waals surface area contributed by atoms with Gasteiger partial charge in [-0.25, -0.2) is 9.37 Å². The molecule has 0 fully saturated rings. The van der Waals surface area contributed by atoms with Crippen LogP contribution >= 0.6 is 0 Å². The number of anilines is 3. The van der Waals surface area contributed by atoms with Gasteiger partial charge < -0.3 is 25.8 Å². The van der Waals surface area contributed by atoms with E-state index in [1.54, 1.807) is 32.2 Å². The first-order valence-electron chi connectivity index (χ1n) is 13.1. The molecule has 0 saturated heterocycles. The highest BCUT2D eigenvalue weighted by atomic mass is 19.1. The standard InChI is InChI=1S/C29H40FN7O2/c1-7-17-31-27-25(21(2)33-29(35-27)34-24-14-11-13-23(30)20-24)15-9-8-10-18-32-28(39)22(3)37(6)26(38)16-12-19-36(4)5/h11-14,16,20,22H,7-8,10,17-19H2,1-6H3,(H,32,39)(H2,31,33,34,35)/t22-/m0/s1. The first-order valence-corrected chi connectivity index (χ1v) is 13.1. The molecule has 10 heteroatoms. The van der Waals surface area contributed by atoms with Crippen LogP contribution in [-0.2, 0) is 9.59 Å². The Labute approximate surface area is 231 Å². The summed E-state index contributed by atoms with van der Waals surface area (Å²) in [5.41, 5.74) is 1.96. The fourth-order valence-electron chi connectivity index (χ4n) is 3.38. The van der Waals surface area contributed by atoms with E-state index in [4.69, 9.17) is 0 Å². The van der Waals surface area contributed by atoms with E-state index in [9.17, 15) is 14.0 Å². The molecular formula is C29H40FN7O2. The van der Waals surface area contributed by atoms with Gasteiger partial charge in [0.15, 0.2) is 0 Å². The zero-order valence-corrected chi connectivity index (χ0v) is 23.8. The van der Waals surface area contributed by atoms with Crippen molar-refractivity contribution < 1.29 is 14.0 Å². The number of nitrogens with one attached hydrogen (secondary N) is 3. The van der Waals surface area contributed by atoms with Crippen LogP contribution in [0.25, 0.3) is 0 Å². The fourth-order valence-corrected chi connectivity index (χ4v) is 3.38. The van der Waals surface area contributed by atoms with Gasteiger partial charge in [-0.15, -0.1) is 0 Å². The van der Waals surface area contributed by atoms with Gasteiger partial charge in [0.05, 0.1) is 11.3 Å². The highest BCUT2D eigenvalue weighted by Crippen LogP contribution is 2.21. The molecule has 1 atom stereocenters. The zero-order valence-electron chi connectivity index (χ0n) is 23.8. The van der Waals surface area contributed by atoms with Crippen molar-refractivity contribution in [1.29, 1.82) is 0 Å². The maximum Gasteiger partial charge on any atom is 0.246 e. The lowest BCUT2D eigenvalue weighted by atomic mass is 10.2. The van der Waals surface area contributed by atoms with Crippen molar-refractivity contribution in [2.24, 2.45) is 0 Å². The Bertz CT molecular complexity index is 1200. The van der Waals surface area contributed by atoms with Gasteiger partial charge >= 0.3 is 0 Å². The molecule has 2 aromatic rings. The summed E-state index contributed by atoms with van der Waals surface area (Å²) in [6.45, 7) is 7.43. The van der Waals surface area contributed by atoms with Crippen LogP contribution in [0.2, 0.25) is 0 Å². The Morgan fingerprint density at radius 2 is 1.95 bits per heavy atom. The van der Waals surface area contributed by atoms with Gasteiger partial charge in [-0.1, -0.05) is 30.9 Å². The van der Waals surface area contributed by atoms with Crippen molar-refractivity contribution >= 4 is 29.3 Å². The van der Waals surface area contributed by atoms with E-state index < -0.39 is 6.04 Å². The molecule has 9 nitrogen and oxygen atoms in total. The number of aromatic nitrogens is 2. The average Bonchev–Trinajstić information content (AvgIpc) is 2.89. The molecule has 2 amide bonds. The molecule has 39 heavy (non-hydrogen) atoms. The van der Waals surface area contributed by atoms with Crippen LogP contribution in [0.3, 0.4) is 0 Å². The molecular weight excluding hydrogens is 497 g/mol. The Morgan fingerprint density at radius 1 is 1.18 bits per heavy atom. The highest BCUT2D eigenvalue weighted by molar-refractivity contribution is 5.92. The topological polar surface area (TPSA) is 102 Å². The van der Waals surface area contributed by atoms with E-state index in [0.717, 1.165) is 13.0 Å². The summed E-state index contributed by atoms with van der Waals surface area (Å²) in [6.07, 6.45) is 5.38. The van der Waals surface area contributed by atoms with Gasteiger partial charge in [0.1, 0.15) is 17.7 Å². The summed E-state index contributed by atoms with van der Waals surface area (Å²) in [5.74, 6) is 6.50. The lowest BCUT2D eigenvalue weighted by molar-refractivity contribution is -0.135. The molecule has 0 aliphatic carbocycles. The Balaban J connectivity index is 1.93. The SMILES string of the molecule is CCCNc1nc(Nc2cccc(F)c2)nc(C)c1C#CCCCNC(=O)[C@H](C)N(C)C(=O)C=CCN(C)C. The maximum absolute atomic E-state index is 13.5. The molecule has 1 aromatic heterocycles. The van der Waals surface area contributed by atoms with Gasteiger partial charge in [-0.05, 0) is 59.0 Å². The molecule has 0 aliphatic heterocycles. The van der Waals surface area contributed by atoms with Crippen LogP contribution in [0.1, 0.15) is 44.4 Å². The van der Waals surface area contributed by atoms with Crippen molar-refractivity contribution in [1.82, 2.24) is 25.1 Å². The third-order valence-electron chi connectivity index (χ3n) is 5.74. The number of carbonyl (C=O) groups excluding carboxylic acids is 2. The molecule has 0 bridgehead atoms. The largest absolute Gasteiger partial charge is 0.369 e. The maximum atomic E-state index is 13.5. The summed E-state index contributed by atoms with van der Waals surface area (Å²) in [5, 5.41) is 9.21. The van der Waals surface area contributed by atoms with E-state index in [2.05, 4.69) is 44.7 Å². The van der Waals surface area contributed by atoms with Crippen LogP contribution in [0.15, 0.2) is 36.4 Å². The summed E-state index contributed by atoms with van der Waals surface area (Å²) in [7, 11) is 5.45.